The van der Waals surface area contributed by atoms with E-state index in [2.05, 4.69) is 33.2 Å². The molecule has 1 aromatic carbocycles. The highest BCUT2D eigenvalue weighted by atomic mass is 16.7. The number of quaternary nitrogens is 1. The van der Waals surface area contributed by atoms with Gasteiger partial charge in [-0.3, -0.25) is 0 Å². The molecule has 1 aliphatic heterocycles. The Bertz CT molecular complexity index is 400. The number of unbranched alkanes of at least 4 members (excludes halogenated alkanes) is 1. The molecule has 0 saturated carbocycles. The van der Waals surface area contributed by atoms with Crippen molar-refractivity contribution in [1.29, 1.82) is 0 Å². The van der Waals surface area contributed by atoms with Crippen LogP contribution < -0.4 is 4.74 Å². The minimum Gasteiger partial charge on any atom is -0.497 e. The van der Waals surface area contributed by atoms with Crippen molar-refractivity contribution >= 4 is 0 Å². The molecule has 3 heteroatoms. The molecule has 0 N–H and O–H groups in total. The highest BCUT2D eigenvalue weighted by molar-refractivity contribution is 5.28. The van der Waals surface area contributed by atoms with E-state index in [4.69, 9.17) is 9.57 Å². The SMILES string of the molecule is CCCCC1CC(c2ccc(OC)cc2)[N+](C)(C)O1. The van der Waals surface area contributed by atoms with E-state index in [9.17, 15) is 0 Å². The molecule has 0 aromatic heterocycles. The third-order valence-corrected chi connectivity index (χ3v) is 4.04. The van der Waals surface area contributed by atoms with E-state index in [1.54, 1.807) is 7.11 Å². The Morgan fingerprint density at radius 3 is 2.53 bits per heavy atom. The van der Waals surface area contributed by atoms with Gasteiger partial charge in [0.2, 0.25) is 0 Å². The van der Waals surface area contributed by atoms with Gasteiger partial charge in [-0.2, -0.15) is 9.48 Å². The van der Waals surface area contributed by atoms with Crippen molar-refractivity contribution in [1.82, 2.24) is 0 Å². The fourth-order valence-corrected chi connectivity index (χ4v) is 2.93. The van der Waals surface area contributed by atoms with Gasteiger partial charge in [0.05, 0.1) is 21.2 Å². The maximum atomic E-state index is 6.18. The van der Waals surface area contributed by atoms with E-state index in [1.165, 1.54) is 24.8 Å². The van der Waals surface area contributed by atoms with Crippen LogP contribution >= 0.6 is 0 Å². The Kier molecular flexibility index (Phi) is 4.48. The first-order valence-electron chi connectivity index (χ1n) is 7.23. The monoisotopic (exact) mass is 264 g/mol. The molecule has 106 valence electrons. The lowest BCUT2D eigenvalue weighted by molar-refractivity contribution is -1.09. The zero-order valence-electron chi connectivity index (χ0n) is 12.6. The summed E-state index contributed by atoms with van der Waals surface area (Å²) in [6.45, 7) is 2.23. The number of methoxy groups -OCH3 is 1. The van der Waals surface area contributed by atoms with Crippen molar-refractivity contribution in [3.8, 4) is 5.75 Å². The summed E-state index contributed by atoms with van der Waals surface area (Å²) in [5.74, 6) is 0.913. The predicted molar refractivity (Wildman–Crippen MR) is 76.9 cm³/mol. The number of hydrogen-bond acceptors (Lipinski definition) is 2. The van der Waals surface area contributed by atoms with E-state index < -0.39 is 0 Å². The Balaban J connectivity index is 2.09. The molecule has 2 atom stereocenters. The summed E-state index contributed by atoms with van der Waals surface area (Å²) in [6.07, 6.45) is 5.16. The van der Waals surface area contributed by atoms with Crippen LogP contribution in [0.5, 0.6) is 5.75 Å². The van der Waals surface area contributed by atoms with Crippen molar-refractivity contribution < 1.29 is 14.2 Å². The van der Waals surface area contributed by atoms with Gasteiger partial charge in [0.1, 0.15) is 17.9 Å². The van der Waals surface area contributed by atoms with Gasteiger partial charge in [0, 0.05) is 12.0 Å². The lowest BCUT2D eigenvalue weighted by Crippen LogP contribution is -2.37. The normalized spacial score (nSPS) is 25.5. The Hall–Kier alpha value is -1.06. The minimum absolute atomic E-state index is 0.391. The van der Waals surface area contributed by atoms with Gasteiger partial charge in [-0.15, -0.1) is 0 Å². The van der Waals surface area contributed by atoms with Gasteiger partial charge >= 0.3 is 0 Å². The summed E-state index contributed by atoms with van der Waals surface area (Å²) >= 11 is 0. The van der Waals surface area contributed by atoms with Crippen LogP contribution in [-0.4, -0.2) is 32.0 Å². The molecule has 1 saturated heterocycles. The number of benzene rings is 1. The lowest BCUT2D eigenvalue weighted by atomic mass is 9.98. The van der Waals surface area contributed by atoms with Crippen LogP contribution in [0.1, 0.15) is 44.2 Å². The smallest absolute Gasteiger partial charge is 0.147 e. The van der Waals surface area contributed by atoms with Crippen molar-refractivity contribution in [2.24, 2.45) is 0 Å². The maximum Gasteiger partial charge on any atom is 0.147 e. The van der Waals surface area contributed by atoms with Crippen LogP contribution in [-0.2, 0) is 4.84 Å². The first-order chi connectivity index (χ1) is 9.06. The van der Waals surface area contributed by atoms with Gasteiger partial charge in [-0.1, -0.05) is 19.8 Å². The van der Waals surface area contributed by atoms with Gasteiger partial charge in [0.25, 0.3) is 0 Å². The number of rotatable bonds is 5. The van der Waals surface area contributed by atoms with E-state index in [0.717, 1.165) is 12.2 Å². The molecule has 0 amide bonds. The molecular formula is C16H26NO2+. The summed E-state index contributed by atoms with van der Waals surface area (Å²) in [7, 11) is 6.01. The van der Waals surface area contributed by atoms with Crippen molar-refractivity contribution in [2.45, 2.75) is 44.8 Å². The summed E-state index contributed by atoms with van der Waals surface area (Å²) in [5.41, 5.74) is 1.34. The third kappa shape index (κ3) is 3.28. The average Bonchev–Trinajstić information content (AvgIpc) is 2.71. The van der Waals surface area contributed by atoms with Crippen LogP contribution in [0, 0.1) is 0 Å². The predicted octanol–water partition coefficient (Wildman–Crippen LogP) is 3.71. The Labute approximate surface area is 116 Å². The standard InChI is InChI=1S/C16H26NO2/c1-5-6-7-15-12-16(17(2,3)19-15)13-8-10-14(18-4)11-9-13/h8-11,15-16H,5-7,12H2,1-4H3/q+1. The molecule has 3 nitrogen and oxygen atoms in total. The van der Waals surface area contributed by atoms with Crippen LogP contribution in [0.15, 0.2) is 24.3 Å². The van der Waals surface area contributed by atoms with Crippen molar-refractivity contribution in [3.05, 3.63) is 29.8 Å². The minimum atomic E-state index is 0.391. The molecule has 1 aliphatic rings. The Morgan fingerprint density at radius 2 is 1.95 bits per heavy atom. The third-order valence-electron chi connectivity index (χ3n) is 4.04. The molecule has 19 heavy (non-hydrogen) atoms. The molecule has 0 radical (unpaired) electrons. The maximum absolute atomic E-state index is 6.18. The van der Waals surface area contributed by atoms with Gasteiger partial charge < -0.3 is 4.74 Å². The fourth-order valence-electron chi connectivity index (χ4n) is 2.93. The second-order valence-corrected chi connectivity index (χ2v) is 5.83. The van der Waals surface area contributed by atoms with Gasteiger partial charge in [-0.05, 0) is 30.7 Å². The quantitative estimate of drug-likeness (QED) is 0.755. The van der Waals surface area contributed by atoms with E-state index in [-0.39, 0.29) is 0 Å². The molecule has 1 heterocycles. The fraction of sp³-hybridized carbons (Fsp3) is 0.625. The van der Waals surface area contributed by atoms with Crippen LogP contribution in [0.25, 0.3) is 0 Å². The number of nitrogens with zero attached hydrogens (tertiary/aromatic N) is 1. The first kappa shape index (κ1) is 14.4. The highest BCUT2D eigenvalue weighted by Gasteiger charge is 2.43. The van der Waals surface area contributed by atoms with Crippen LogP contribution in [0.2, 0.25) is 0 Å². The van der Waals surface area contributed by atoms with Gasteiger partial charge in [0.15, 0.2) is 0 Å². The molecule has 2 unspecified atom stereocenters. The van der Waals surface area contributed by atoms with E-state index in [0.29, 0.717) is 16.8 Å². The van der Waals surface area contributed by atoms with E-state index >= 15 is 0 Å². The average molecular weight is 264 g/mol. The summed E-state index contributed by atoms with van der Waals surface area (Å²) in [5, 5.41) is 0. The topological polar surface area (TPSA) is 18.5 Å². The number of hydrogen-bond donors (Lipinski definition) is 0. The zero-order valence-corrected chi connectivity index (χ0v) is 12.6. The molecule has 1 fully saturated rings. The molecule has 1 aromatic rings. The molecule has 0 bridgehead atoms. The molecule has 0 spiro atoms. The molecule has 0 aliphatic carbocycles. The second kappa shape index (κ2) is 5.93. The number of hydroxylamine groups is 3. The highest BCUT2D eigenvalue weighted by Crippen LogP contribution is 2.39. The van der Waals surface area contributed by atoms with Crippen LogP contribution in [0.3, 0.4) is 0 Å². The number of ether oxygens (including phenoxy) is 1. The zero-order chi connectivity index (χ0) is 13.9. The first-order valence-corrected chi connectivity index (χ1v) is 7.23. The largest absolute Gasteiger partial charge is 0.497 e. The Morgan fingerprint density at radius 1 is 1.26 bits per heavy atom. The van der Waals surface area contributed by atoms with Gasteiger partial charge in [-0.25, -0.2) is 0 Å². The molecule has 2 rings (SSSR count). The van der Waals surface area contributed by atoms with E-state index in [1.807, 2.05) is 12.1 Å². The van der Waals surface area contributed by atoms with Crippen molar-refractivity contribution in [2.75, 3.05) is 21.2 Å². The van der Waals surface area contributed by atoms with Crippen LogP contribution in [0.4, 0.5) is 0 Å². The van der Waals surface area contributed by atoms with Crippen molar-refractivity contribution in [3.63, 3.8) is 0 Å². The summed E-state index contributed by atoms with van der Waals surface area (Å²) in [4.78, 5) is 6.18. The summed E-state index contributed by atoms with van der Waals surface area (Å²) < 4.78 is 5.85. The summed E-state index contributed by atoms with van der Waals surface area (Å²) in [6, 6.07) is 8.82. The molecular weight excluding hydrogens is 238 g/mol. The second-order valence-electron chi connectivity index (χ2n) is 5.83. The lowest BCUT2D eigenvalue weighted by Gasteiger charge is -2.28.